The van der Waals surface area contributed by atoms with Gasteiger partial charge in [0.25, 0.3) is 5.91 Å². The molecule has 2 amide bonds. The number of furan rings is 1. The summed E-state index contributed by atoms with van der Waals surface area (Å²) in [5, 5.41) is 6.22. The number of nitrogens with one attached hydrogen (secondary N) is 2. The average Bonchev–Trinajstić information content (AvgIpc) is 3.31. The second-order valence-electron chi connectivity index (χ2n) is 10.8. The summed E-state index contributed by atoms with van der Waals surface area (Å²) in [5.41, 5.74) is 1.51. The first-order chi connectivity index (χ1) is 15.9. The van der Waals surface area contributed by atoms with Crippen LogP contribution in [0.1, 0.15) is 66.2 Å². The van der Waals surface area contributed by atoms with Crippen LogP contribution in [0, 0.1) is 23.2 Å². The highest BCUT2D eigenvalue weighted by atomic mass is 16.3. The van der Waals surface area contributed by atoms with Gasteiger partial charge in [0.1, 0.15) is 5.76 Å². The fourth-order valence-corrected chi connectivity index (χ4v) is 6.84. The van der Waals surface area contributed by atoms with Gasteiger partial charge in [-0.1, -0.05) is 12.1 Å². The molecule has 1 unspecified atom stereocenters. The lowest BCUT2D eigenvalue weighted by Gasteiger charge is -2.55. The largest absolute Gasteiger partial charge is 0.468 e. The molecule has 1 aromatic carbocycles. The summed E-state index contributed by atoms with van der Waals surface area (Å²) in [6, 6.07) is 11.3. The SMILES string of the molecule is CN(C)C(CNC(=O)c1ccc(CNC(=O)C23CC4CC(CC(C4)C2)C3)cc1)c1ccco1. The van der Waals surface area contributed by atoms with Crippen LogP contribution in [0.3, 0.4) is 0 Å². The van der Waals surface area contributed by atoms with E-state index in [2.05, 4.69) is 10.6 Å². The fourth-order valence-electron chi connectivity index (χ4n) is 6.84. The van der Waals surface area contributed by atoms with Crippen molar-refractivity contribution >= 4 is 11.8 Å². The zero-order valence-electron chi connectivity index (χ0n) is 19.7. The first-order valence-corrected chi connectivity index (χ1v) is 12.3. The fraction of sp³-hybridized carbons (Fsp3) is 0.556. The number of benzene rings is 1. The van der Waals surface area contributed by atoms with Crippen molar-refractivity contribution in [2.24, 2.45) is 23.2 Å². The van der Waals surface area contributed by atoms with E-state index in [1.807, 2.05) is 55.4 Å². The van der Waals surface area contributed by atoms with Gasteiger partial charge in [-0.3, -0.25) is 14.5 Å². The molecule has 4 aliphatic carbocycles. The number of hydrogen-bond donors (Lipinski definition) is 2. The van der Waals surface area contributed by atoms with E-state index in [0.717, 1.165) is 48.3 Å². The maximum absolute atomic E-state index is 13.2. The molecule has 0 spiro atoms. The van der Waals surface area contributed by atoms with Crippen molar-refractivity contribution in [3.05, 3.63) is 59.5 Å². The average molecular weight is 450 g/mol. The predicted octanol–water partition coefficient (Wildman–Crippen LogP) is 4.14. The molecule has 4 aliphatic rings. The van der Waals surface area contributed by atoms with Gasteiger partial charge in [-0.25, -0.2) is 0 Å². The third kappa shape index (κ3) is 4.58. The second-order valence-corrected chi connectivity index (χ2v) is 10.8. The zero-order chi connectivity index (χ0) is 23.0. The highest BCUT2D eigenvalue weighted by Gasteiger charge is 2.54. The predicted molar refractivity (Wildman–Crippen MR) is 126 cm³/mol. The number of amides is 2. The lowest BCUT2D eigenvalue weighted by molar-refractivity contribution is -0.146. The van der Waals surface area contributed by atoms with E-state index in [-0.39, 0.29) is 23.3 Å². The summed E-state index contributed by atoms with van der Waals surface area (Å²) in [6.07, 6.45) is 8.91. The molecule has 1 aromatic heterocycles. The molecular weight excluding hydrogens is 414 g/mol. The van der Waals surface area contributed by atoms with Crippen LogP contribution in [0.4, 0.5) is 0 Å². The van der Waals surface area contributed by atoms with Crippen molar-refractivity contribution in [3.63, 3.8) is 0 Å². The van der Waals surface area contributed by atoms with Crippen LogP contribution in [0.25, 0.3) is 0 Å². The topological polar surface area (TPSA) is 74.6 Å². The van der Waals surface area contributed by atoms with Crippen LogP contribution in [-0.2, 0) is 11.3 Å². The molecular formula is C27H35N3O3. The third-order valence-corrected chi connectivity index (χ3v) is 8.14. The number of hydrogen-bond acceptors (Lipinski definition) is 4. The van der Waals surface area contributed by atoms with Crippen LogP contribution in [0.5, 0.6) is 0 Å². The third-order valence-electron chi connectivity index (χ3n) is 8.14. The van der Waals surface area contributed by atoms with Crippen molar-refractivity contribution in [2.75, 3.05) is 20.6 Å². The van der Waals surface area contributed by atoms with Gasteiger partial charge in [0.2, 0.25) is 5.91 Å². The van der Waals surface area contributed by atoms with Crippen molar-refractivity contribution in [3.8, 4) is 0 Å². The van der Waals surface area contributed by atoms with E-state index in [0.29, 0.717) is 18.7 Å². The molecule has 2 N–H and O–H groups in total. The minimum Gasteiger partial charge on any atom is -0.468 e. The molecule has 1 heterocycles. The highest BCUT2D eigenvalue weighted by molar-refractivity contribution is 5.94. The van der Waals surface area contributed by atoms with Gasteiger partial charge in [-0.15, -0.1) is 0 Å². The molecule has 4 bridgehead atoms. The van der Waals surface area contributed by atoms with Crippen LogP contribution < -0.4 is 10.6 Å². The smallest absolute Gasteiger partial charge is 0.251 e. The van der Waals surface area contributed by atoms with Crippen LogP contribution in [0.15, 0.2) is 47.1 Å². The van der Waals surface area contributed by atoms with Gasteiger partial charge in [0, 0.05) is 24.1 Å². The Balaban J connectivity index is 1.14. The standard InChI is InChI=1S/C27H35N3O3/c1-30(2)23(24-4-3-9-33-24)17-28-25(31)22-7-5-18(6-8-22)16-29-26(32)27-13-19-10-20(14-27)12-21(11-19)15-27/h3-9,19-21,23H,10-17H2,1-2H3,(H,28,31)(H,29,32). The number of rotatable bonds is 8. The summed E-state index contributed by atoms with van der Waals surface area (Å²) >= 11 is 0. The minimum atomic E-state index is -0.119. The van der Waals surface area contributed by atoms with E-state index in [9.17, 15) is 9.59 Å². The summed E-state index contributed by atoms with van der Waals surface area (Å²) in [5.74, 6) is 3.25. The number of carbonyl (C=O) groups is 2. The Bertz CT molecular complexity index is 945. The normalized spacial score (nSPS) is 28.6. The van der Waals surface area contributed by atoms with Gasteiger partial charge >= 0.3 is 0 Å². The molecule has 33 heavy (non-hydrogen) atoms. The molecule has 0 radical (unpaired) electrons. The second kappa shape index (κ2) is 8.98. The first kappa shape index (κ1) is 22.2. The van der Waals surface area contributed by atoms with Gasteiger partial charge in [0.05, 0.1) is 12.3 Å². The van der Waals surface area contributed by atoms with Crippen LogP contribution in [0.2, 0.25) is 0 Å². The Morgan fingerprint density at radius 3 is 2.18 bits per heavy atom. The maximum Gasteiger partial charge on any atom is 0.251 e. The lowest BCUT2D eigenvalue weighted by Crippen LogP contribution is -2.53. The van der Waals surface area contributed by atoms with Crippen LogP contribution in [-0.4, -0.2) is 37.4 Å². The Labute approximate surface area is 196 Å². The first-order valence-electron chi connectivity index (χ1n) is 12.3. The number of nitrogens with zero attached hydrogens (tertiary/aromatic N) is 1. The monoisotopic (exact) mass is 449 g/mol. The van der Waals surface area contributed by atoms with Gasteiger partial charge < -0.3 is 15.1 Å². The van der Waals surface area contributed by atoms with Crippen LogP contribution >= 0.6 is 0 Å². The van der Waals surface area contributed by atoms with E-state index in [1.54, 1.807) is 6.26 Å². The molecule has 0 saturated heterocycles. The van der Waals surface area contributed by atoms with Gasteiger partial charge in [-0.05, 0) is 100 Å². The highest BCUT2D eigenvalue weighted by Crippen LogP contribution is 2.60. The summed E-state index contributed by atoms with van der Waals surface area (Å²) in [4.78, 5) is 27.8. The Morgan fingerprint density at radius 1 is 1.00 bits per heavy atom. The molecule has 4 fully saturated rings. The van der Waals surface area contributed by atoms with E-state index in [1.165, 1.54) is 19.3 Å². The molecule has 6 nitrogen and oxygen atoms in total. The molecule has 6 heteroatoms. The Hall–Kier alpha value is -2.60. The van der Waals surface area contributed by atoms with Gasteiger partial charge in [0.15, 0.2) is 0 Å². The molecule has 2 aromatic rings. The van der Waals surface area contributed by atoms with E-state index >= 15 is 0 Å². The maximum atomic E-state index is 13.2. The minimum absolute atomic E-state index is 0.0250. The number of likely N-dealkylation sites (N-methyl/N-ethyl adjacent to an activating group) is 1. The summed E-state index contributed by atoms with van der Waals surface area (Å²) in [6.45, 7) is 0.978. The Kier molecular flexibility index (Phi) is 6.04. The summed E-state index contributed by atoms with van der Waals surface area (Å²) in [7, 11) is 3.93. The van der Waals surface area contributed by atoms with Crippen molar-refractivity contribution < 1.29 is 14.0 Å². The van der Waals surface area contributed by atoms with Crippen molar-refractivity contribution in [1.29, 1.82) is 0 Å². The molecule has 4 saturated carbocycles. The molecule has 1 atom stereocenters. The molecule has 176 valence electrons. The zero-order valence-corrected chi connectivity index (χ0v) is 19.7. The van der Waals surface area contributed by atoms with Gasteiger partial charge in [-0.2, -0.15) is 0 Å². The van der Waals surface area contributed by atoms with E-state index in [4.69, 9.17) is 4.42 Å². The molecule has 0 aliphatic heterocycles. The quantitative estimate of drug-likeness (QED) is 0.635. The van der Waals surface area contributed by atoms with Crippen molar-refractivity contribution in [2.45, 2.75) is 51.1 Å². The number of carbonyl (C=O) groups excluding carboxylic acids is 2. The lowest BCUT2D eigenvalue weighted by atomic mass is 9.49. The molecule has 6 rings (SSSR count). The Morgan fingerprint density at radius 2 is 1.64 bits per heavy atom. The summed E-state index contributed by atoms with van der Waals surface area (Å²) < 4.78 is 5.51. The van der Waals surface area contributed by atoms with E-state index < -0.39 is 0 Å². The van der Waals surface area contributed by atoms with Crippen molar-refractivity contribution in [1.82, 2.24) is 15.5 Å².